The van der Waals surface area contributed by atoms with E-state index in [0.29, 0.717) is 11.5 Å². The summed E-state index contributed by atoms with van der Waals surface area (Å²) in [7, 11) is 1.59. The Labute approximate surface area is 80.7 Å². The van der Waals surface area contributed by atoms with Gasteiger partial charge in [0.2, 0.25) is 5.89 Å². The molecule has 4 heteroatoms. The molecule has 0 aliphatic rings. The summed E-state index contributed by atoms with van der Waals surface area (Å²) in [5, 5.41) is 8.47. The molecule has 0 aliphatic heterocycles. The molecule has 0 spiro atoms. The second kappa shape index (κ2) is 3.38. The van der Waals surface area contributed by atoms with Gasteiger partial charge in [0.1, 0.15) is 17.7 Å². The van der Waals surface area contributed by atoms with Crippen molar-refractivity contribution < 1.29 is 9.15 Å². The maximum absolute atomic E-state index is 8.47. The standard InChI is InChI=1S/C10H8N2O2/c1-13-7-2-3-8-9(6-7)14-10(12-8)4-5-11/h2-3,6H,4H2,1H3. The van der Waals surface area contributed by atoms with Crippen LogP contribution in [-0.2, 0) is 6.42 Å². The topological polar surface area (TPSA) is 59.0 Å². The Kier molecular flexibility index (Phi) is 2.07. The molecule has 2 aromatic rings. The third-order valence-electron chi connectivity index (χ3n) is 1.87. The Morgan fingerprint density at radius 3 is 3.14 bits per heavy atom. The van der Waals surface area contributed by atoms with Crippen LogP contribution in [-0.4, -0.2) is 12.1 Å². The molecule has 0 atom stereocenters. The highest BCUT2D eigenvalue weighted by atomic mass is 16.5. The van der Waals surface area contributed by atoms with Crippen molar-refractivity contribution in [1.82, 2.24) is 4.98 Å². The zero-order valence-electron chi connectivity index (χ0n) is 7.65. The van der Waals surface area contributed by atoms with Crippen molar-refractivity contribution in [2.45, 2.75) is 6.42 Å². The number of fused-ring (bicyclic) bond motifs is 1. The Balaban J connectivity index is 2.50. The van der Waals surface area contributed by atoms with E-state index in [-0.39, 0.29) is 6.42 Å². The van der Waals surface area contributed by atoms with Crippen molar-refractivity contribution in [3.05, 3.63) is 24.1 Å². The molecular formula is C10H8N2O2. The maximum Gasteiger partial charge on any atom is 0.209 e. The molecule has 0 N–H and O–H groups in total. The lowest BCUT2D eigenvalue weighted by atomic mass is 10.3. The number of benzene rings is 1. The average Bonchev–Trinajstić information content (AvgIpc) is 2.59. The molecule has 0 amide bonds. The highest BCUT2D eigenvalue weighted by Gasteiger charge is 2.05. The third kappa shape index (κ3) is 1.40. The van der Waals surface area contributed by atoms with Crippen LogP contribution in [0.2, 0.25) is 0 Å². The van der Waals surface area contributed by atoms with Gasteiger partial charge in [-0.1, -0.05) is 0 Å². The summed E-state index contributed by atoms with van der Waals surface area (Å²) in [4.78, 5) is 4.13. The van der Waals surface area contributed by atoms with Gasteiger partial charge in [-0.2, -0.15) is 5.26 Å². The first-order valence-electron chi connectivity index (χ1n) is 4.14. The second-order valence-electron chi connectivity index (χ2n) is 2.78. The Morgan fingerprint density at radius 2 is 2.43 bits per heavy atom. The highest BCUT2D eigenvalue weighted by Crippen LogP contribution is 2.21. The van der Waals surface area contributed by atoms with Crippen LogP contribution in [0.25, 0.3) is 11.1 Å². The van der Waals surface area contributed by atoms with Crippen LogP contribution in [0.15, 0.2) is 22.6 Å². The van der Waals surface area contributed by atoms with Gasteiger partial charge < -0.3 is 9.15 Å². The number of methoxy groups -OCH3 is 1. The van der Waals surface area contributed by atoms with Gasteiger partial charge in [-0.15, -0.1) is 0 Å². The van der Waals surface area contributed by atoms with Gasteiger partial charge in [0.15, 0.2) is 5.58 Å². The number of hydrogen-bond donors (Lipinski definition) is 0. The predicted molar refractivity (Wildman–Crippen MR) is 49.9 cm³/mol. The molecule has 14 heavy (non-hydrogen) atoms. The monoisotopic (exact) mass is 188 g/mol. The van der Waals surface area contributed by atoms with Gasteiger partial charge in [0.05, 0.1) is 13.2 Å². The lowest BCUT2D eigenvalue weighted by Gasteiger charge is -1.95. The highest BCUT2D eigenvalue weighted by molar-refractivity contribution is 5.74. The summed E-state index contributed by atoms with van der Waals surface area (Å²) in [6, 6.07) is 7.35. The van der Waals surface area contributed by atoms with E-state index in [0.717, 1.165) is 11.3 Å². The summed E-state index contributed by atoms with van der Waals surface area (Å²) in [5.74, 6) is 1.16. The van der Waals surface area contributed by atoms with E-state index >= 15 is 0 Å². The van der Waals surface area contributed by atoms with Crippen molar-refractivity contribution in [3.8, 4) is 11.8 Å². The number of nitrogens with zero attached hydrogens (tertiary/aromatic N) is 2. The average molecular weight is 188 g/mol. The van der Waals surface area contributed by atoms with E-state index in [1.807, 2.05) is 6.07 Å². The molecule has 0 saturated carbocycles. The molecule has 1 heterocycles. The number of ether oxygens (including phenoxy) is 1. The first-order chi connectivity index (χ1) is 6.83. The molecule has 0 aliphatic carbocycles. The van der Waals surface area contributed by atoms with Gasteiger partial charge in [-0.05, 0) is 12.1 Å². The summed E-state index contributed by atoms with van der Waals surface area (Å²) in [6.45, 7) is 0. The molecule has 0 unspecified atom stereocenters. The number of oxazole rings is 1. The smallest absolute Gasteiger partial charge is 0.209 e. The fraction of sp³-hybridized carbons (Fsp3) is 0.200. The second-order valence-corrected chi connectivity index (χ2v) is 2.78. The lowest BCUT2D eigenvalue weighted by Crippen LogP contribution is -1.80. The van der Waals surface area contributed by atoms with Crippen molar-refractivity contribution in [1.29, 1.82) is 5.26 Å². The molecule has 1 aromatic carbocycles. The van der Waals surface area contributed by atoms with Gasteiger partial charge >= 0.3 is 0 Å². The van der Waals surface area contributed by atoms with E-state index < -0.39 is 0 Å². The Morgan fingerprint density at radius 1 is 1.57 bits per heavy atom. The first-order valence-corrected chi connectivity index (χ1v) is 4.14. The summed E-state index contributed by atoms with van der Waals surface area (Å²) < 4.78 is 10.4. The minimum Gasteiger partial charge on any atom is -0.497 e. The van der Waals surface area contributed by atoms with Crippen LogP contribution in [0.4, 0.5) is 0 Å². The number of rotatable bonds is 2. The van der Waals surface area contributed by atoms with E-state index in [2.05, 4.69) is 4.98 Å². The zero-order chi connectivity index (χ0) is 9.97. The SMILES string of the molecule is COc1ccc2nc(CC#N)oc2c1. The summed E-state index contributed by atoms with van der Waals surface area (Å²) >= 11 is 0. The third-order valence-corrected chi connectivity index (χ3v) is 1.87. The van der Waals surface area contributed by atoms with Gasteiger partial charge in [0.25, 0.3) is 0 Å². The molecule has 4 nitrogen and oxygen atoms in total. The normalized spacial score (nSPS) is 10.0. The van der Waals surface area contributed by atoms with Crippen LogP contribution in [0.1, 0.15) is 5.89 Å². The first kappa shape index (κ1) is 8.57. The maximum atomic E-state index is 8.47. The Bertz CT molecular complexity index is 496. The molecule has 0 bridgehead atoms. The molecule has 0 radical (unpaired) electrons. The van der Waals surface area contributed by atoms with Gasteiger partial charge in [-0.25, -0.2) is 4.98 Å². The van der Waals surface area contributed by atoms with Crippen LogP contribution < -0.4 is 4.74 Å². The van der Waals surface area contributed by atoms with Crippen molar-refractivity contribution in [2.24, 2.45) is 0 Å². The number of aromatic nitrogens is 1. The Hall–Kier alpha value is -2.02. The van der Waals surface area contributed by atoms with Crippen molar-refractivity contribution in [3.63, 3.8) is 0 Å². The fourth-order valence-electron chi connectivity index (χ4n) is 1.22. The molecule has 2 rings (SSSR count). The molecule has 0 fully saturated rings. The molecule has 70 valence electrons. The number of nitriles is 1. The van der Waals surface area contributed by atoms with Crippen molar-refractivity contribution in [2.75, 3.05) is 7.11 Å². The molecular weight excluding hydrogens is 180 g/mol. The molecule has 0 saturated heterocycles. The van der Waals surface area contributed by atoms with E-state index in [1.54, 1.807) is 25.3 Å². The van der Waals surface area contributed by atoms with E-state index in [4.69, 9.17) is 14.4 Å². The van der Waals surface area contributed by atoms with Crippen molar-refractivity contribution >= 4 is 11.1 Å². The summed E-state index contributed by atoms with van der Waals surface area (Å²) in [5.41, 5.74) is 1.39. The minimum absolute atomic E-state index is 0.191. The van der Waals surface area contributed by atoms with Crippen LogP contribution in [0.5, 0.6) is 5.75 Å². The number of hydrogen-bond acceptors (Lipinski definition) is 4. The van der Waals surface area contributed by atoms with Gasteiger partial charge in [-0.3, -0.25) is 0 Å². The van der Waals surface area contributed by atoms with Crippen LogP contribution in [0, 0.1) is 11.3 Å². The lowest BCUT2D eigenvalue weighted by molar-refractivity contribution is 0.414. The quantitative estimate of drug-likeness (QED) is 0.722. The summed E-state index contributed by atoms with van der Waals surface area (Å²) in [6.07, 6.45) is 0.191. The predicted octanol–water partition coefficient (Wildman–Crippen LogP) is 1.90. The molecule has 1 aromatic heterocycles. The van der Waals surface area contributed by atoms with Crippen LogP contribution >= 0.6 is 0 Å². The fourth-order valence-corrected chi connectivity index (χ4v) is 1.22. The minimum atomic E-state index is 0.191. The van der Waals surface area contributed by atoms with E-state index in [1.165, 1.54) is 0 Å². The van der Waals surface area contributed by atoms with Crippen LogP contribution in [0.3, 0.4) is 0 Å². The largest absolute Gasteiger partial charge is 0.497 e. The van der Waals surface area contributed by atoms with Gasteiger partial charge in [0, 0.05) is 6.07 Å². The van der Waals surface area contributed by atoms with E-state index in [9.17, 15) is 0 Å². The zero-order valence-corrected chi connectivity index (χ0v) is 7.65.